The third-order valence-electron chi connectivity index (χ3n) is 6.02. The number of rotatable bonds is 11. The van der Waals surface area contributed by atoms with E-state index in [1.807, 2.05) is 0 Å². The fraction of sp³-hybridized carbons (Fsp3) is 0.296. The van der Waals surface area contributed by atoms with Gasteiger partial charge in [0.15, 0.2) is 5.78 Å². The van der Waals surface area contributed by atoms with Crippen molar-refractivity contribution in [3.8, 4) is 0 Å². The Morgan fingerprint density at radius 1 is 0.784 bits per heavy atom. The number of nitrogens with one attached hydrogen (secondary N) is 2. The minimum Gasteiger partial charge on any atom is -0.478 e. The van der Waals surface area contributed by atoms with E-state index in [-0.39, 0.29) is 16.8 Å². The van der Waals surface area contributed by atoms with Gasteiger partial charge in [-0.2, -0.15) is 0 Å². The van der Waals surface area contributed by atoms with Crippen LogP contribution in [-0.4, -0.2) is 50.5 Å². The van der Waals surface area contributed by atoms with Crippen molar-refractivity contribution < 1.29 is 39.3 Å². The summed E-state index contributed by atoms with van der Waals surface area (Å²) in [6.07, 6.45) is 1.98. The number of Topliss-reactive ketones (excluding diaryl/α,β-unsaturated/α-hetero) is 1. The minimum absolute atomic E-state index is 0.0349. The molecule has 0 saturated heterocycles. The number of amides is 1. The normalized spacial score (nSPS) is 11.4. The highest BCUT2D eigenvalue weighted by atomic mass is 16.4. The molecule has 10 nitrogen and oxygen atoms in total. The van der Waals surface area contributed by atoms with Crippen molar-refractivity contribution in [1.82, 2.24) is 0 Å². The van der Waals surface area contributed by atoms with Gasteiger partial charge in [0.2, 0.25) is 0 Å². The fourth-order valence-corrected chi connectivity index (χ4v) is 3.37. The molecule has 37 heavy (non-hydrogen) atoms. The third kappa shape index (κ3) is 6.60. The van der Waals surface area contributed by atoms with Gasteiger partial charge in [-0.3, -0.25) is 9.59 Å². The lowest BCUT2D eigenvalue weighted by atomic mass is 9.79. The summed E-state index contributed by atoms with van der Waals surface area (Å²) in [5.74, 6) is -5.88. The Bertz CT molecular complexity index is 1310. The van der Waals surface area contributed by atoms with Crippen LogP contribution in [0.5, 0.6) is 0 Å². The zero-order valence-electron chi connectivity index (χ0n) is 21.3. The Labute approximate surface area is 214 Å². The Morgan fingerprint density at radius 2 is 1.30 bits per heavy atom. The number of carbonyl (C=O) groups excluding carboxylic acids is 2. The van der Waals surface area contributed by atoms with E-state index in [1.165, 1.54) is 18.2 Å². The predicted molar refractivity (Wildman–Crippen MR) is 138 cm³/mol. The van der Waals surface area contributed by atoms with E-state index >= 15 is 0 Å². The van der Waals surface area contributed by atoms with E-state index in [9.17, 15) is 39.3 Å². The van der Waals surface area contributed by atoms with Crippen molar-refractivity contribution in [3.05, 3.63) is 70.8 Å². The molecule has 0 aliphatic rings. The number of benzene rings is 2. The van der Waals surface area contributed by atoms with Gasteiger partial charge in [-0.1, -0.05) is 26.8 Å². The predicted octanol–water partition coefficient (Wildman–Crippen LogP) is 5.03. The maximum absolute atomic E-state index is 13.2. The van der Waals surface area contributed by atoms with Crippen molar-refractivity contribution in [2.75, 3.05) is 10.6 Å². The summed E-state index contributed by atoms with van der Waals surface area (Å²) < 4.78 is 0. The third-order valence-corrected chi connectivity index (χ3v) is 6.02. The molecule has 0 fully saturated rings. The molecule has 5 N–H and O–H groups in total. The van der Waals surface area contributed by atoms with Crippen LogP contribution < -0.4 is 10.6 Å². The Morgan fingerprint density at radius 3 is 1.78 bits per heavy atom. The van der Waals surface area contributed by atoms with E-state index in [0.29, 0.717) is 12.1 Å². The number of carboxylic acid groups (broad SMARTS) is 3. The number of aromatic carboxylic acids is 3. The highest BCUT2D eigenvalue weighted by Gasteiger charge is 2.32. The second kappa shape index (κ2) is 10.7. The van der Waals surface area contributed by atoms with Crippen LogP contribution in [0.25, 0.3) is 0 Å². The summed E-state index contributed by atoms with van der Waals surface area (Å²) in [7, 11) is 0. The standard InChI is InChI=1S/C27H30N2O8/c1-7-26(3,4)21(30)17-12-18(20(25(36)37)13-19(17)24(34)35)22(31)28-15-9-14(23(32)33)10-16(11-15)29-27(5,6)8-2/h8-13,29H,2,7H2,1,3-6H3,(H,28,31)(H,32,33)(H,34,35)(H,36,37). The monoisotopic (exact) mass is 510 g/mol. The summed E-state index contributed by atoms with van der Waals surface area (Å²) >= 11 is 0. The molecule has 0 spiro atoms. The lowest BCUT2D eigenvalue weighted by molar-refractivity contribution is 0.0677. The molecule has 0 unspecified atom stereocenters. The fourth-order valence-electron chi connectivity index (χ4n) is 3.37. The molecular formula is C27H30N2O8. The van der Waals surface area contributed by atoms with Crippen LogP contribution in [0.4, 0.5) is 11.4 Å². The molecule has 0 radical (unpaired) electrons. The molecule has 0 heterocycles. The van der Waals surface area contributed by atoms with Crippen molar-refractivity contribution >= 4 is 41.0 Å². The number of hydrogen-bond donors (Lipinski definition) is 5. The van der Waals surface area contributed by atoms with Gasteiger partial charge in [-0.15, -0.1) is 6.58 Å². The molecule has 2 aromatic carbocycles. The van der Waals surface area contributed by atoms with Gasteiger partial charge in [0, 0.05) is 27.9 Å². The molecule has 0 atom stereocenters. The van der Waals surface area contributed by atoms with E-state index < -0.39 is 57.2 Å². The first kappa shape index (κ1) is 28.8. The zero-order valence-corrected chi connectivity index (χ0v) is 21.3. The lowest BCUT2D eigenvalue weighted by Crippen LogP contribution is -2.28. The SMILES string of the molecule is C=CC(C)(C)Nc1cc(NC(=O)c2cc(C(=O)C(C)(C)CC)c(C(=O)O)cc2C(=O)O)cc(C(=O)O)c1. The Balaban J connectivity index is 2.67. The van der Waals surface area contributed by atoms with Crippen molar-refractivity contribution in [3.63, 3.8) is 0 Å². The minimum atomic E-state index is -1.57. The molecule has 10 heteroatoms. The molecule has 1 amide bonds. The lowest BCUT2D eigenvalue weighted by Gasteiger charge is -2.24. The summed E-state index contributed by atoms with van der Waals surface area (Å²) in [6, 6.07) is 5.74. The van der Waals surface area contributed by atoms with Crippen LogP contribution in [0.3, 0.4) is 0 Å². The highest BCUT2D eigenvalue weighted by Crippen LogP contribution is 2.30. The number of hydrogen-bond acceptors (Lipinski definition) is 6. The first-order valence-corrected chi connectivity index (χ1v) is 11.3. The molecule has 0 aromatic heterocycles. The maximum Gasteiger partial charge on any atom is 0.336 e. The molecule has 0 saturated carbocycles. The summed E-state index contributed by atoms with van der Waals surface area (Å²) in [6.45, 7) is 12.3. The first-order chi connectivity index (χ1) is 17.0. The topological polar surface area (TPSA) is 170 Å². The summed E-state index contributed by atoms with van der Waals surface area (Å²) in [5.41, 5.74) is -3.28. The van der Waals surface area contributed by atoms with Crippen LogP contribution in [0.2, 0.25) is 0 Å². The Hall–Kier alpha value is -4.47. The Kier molecular flexibility index (Phi) is 8.28. The van der Waals surface area contributed by atoms with Crippen LogP contribution >= 0.6 is 0 Å². The van der Waals surface area contributed by atoms with Crippen LogP contribution in [0.15, 0.2) is 43.0 Å². The first-order valence-electron chi connectivity index (χ1n) is 11.3. The van der Waals surface area contributed by atoms with E-state index in [4.69, 9.17) is 0 Å². The summed E-state index contributed by atoms with van der Waals surface area (Å²) in [4.78, 5) is 61.8. The average Bonchev–Trinajstić information content (AvgIpc) is 2.81. The number of carbonyl (C=O) groups is 5. The molecule has 2 rings (SSSR count). The average molecular weight is 511 g/mol. The van der Waals surface area contributed by atoms with Gasteiger partial charge in [-0.05, 0) is 50.6 Å². The van der Waals surface area contributed by atoms with Gasteiger partial charge in [0.1, 0.15) is 0 Å². The maximum atomic E-state index is 13.2. The van der Waals surface area contributed by atoms with Crippen molar-refractivity contribution in [2.24, 2.45) is 5.41 Å². The van der Waals surface area contributed by atoms with Gasteiger partial charge in [0.25, 0.3) is 5.91 Å². The summed E-state index contributed by atoms with van der Waals surface area (Å²) in [5, 5.41) is 34.4. The number of carboxylic acids is 3. The van der Waals surface area contributed by atoms with Gasteiger partial charge >= 0.3 is 17.9 Å². The zero-order chi connectivity index (χ0) is 28.3. The molecule has 0 bridgehead atoms. The largest absolute Gasteiger partial charge is 0.478 e. The van der Waals surface area contributed by atoms with Crippen molar-refractivity contribution in [2.45, 2.75) is 46.6 Å². The second-order valence-corrected chi connectivity index (χ2v) is 9.73. The van der Waals surface area contributed by atoms with Crippen LogP contribution in [0.1, 0.15) is 92.8 Å². The molecular weight excluding hydrogens is 480 g/mol. The van der Waals surface area contributed by atoms with E-state index in [2.05, 4.69) is 17.2 Å². The van der Waals surface area contributed by atoms with Gasteiger partial charge in [-0.25, -0.2) is 14.4 Å². The van der Waals surface area contributed by atoms with Gasteiger partial charge < -0.3 is 26.0 Å². The number of anilines is 2. The van der Waals surface area contributed by atoms with Crippen LogP contribution in [-0.2, 0) is 0 Å². The molecule has 0 aliphatic carbocycles. The highest BCUT2D eigenvalue weighted by molar-refractivity contribution is 6.16. The molecule has 2 aromatic rings. The van der Waals surface area contributed by atoms with Crippen molar-refractivity contribution in [1.29, 1.82) is 0 Å². The van der Waals surface area contributed by atoms with Gasteiger partial charge in [0.05, 0.1) is 22.3 Å². The smallest absolute Gasteiger partial charge is 0.336 e. The van der Waals surface area contributed by atoms with Crippen LogP contribution in [0, 0.1) is 5.41 Å². The van der Waals surface area contributed by atoms with E-state index in [1.54, 1.807) is 40.7 Å². The number of ketones is 1. The molecule has 0 aliphatic heterocycles. The van der Waals surface area contributed by atoms with E-state index in [0.717, 1.165) is 12.1 Å². The quantitative estimate of drug-likeness (QED) is 0.205. The molecule has 196 valence electrons. The second-order valence-electron chi connectivity index (χ2n) is 9.73.